The molecule has 0 spiro atoms. The lowest BCUT2D eigenvalue weighted by molar-refractivity contribution is -0.137. The molecule has 1 aromatic carbocycles. The highest BCUT2D eigenvalue weighted by atomic mass is 19.4. The fourth-order valence-corrected chi connectivity index (χ4v) is 5.17. The molecule has 11 heteroatoms. The Morgan fingerprint density at radius 1 is 1.14 bits per heavy atom. The van der Waals surface area contributed by atoms with Crippen LogP contribution in [0.15, 0.2) is 36.9 Å². The second-order valence-corrected chi connectivity index (χ2v) is 8.89. The largest absolute Gasteiger partial charge is 0.417 e. The van der Waals surface area contributed by atoms with Gasteiger partial charge in [0.1, 0.15) is 6.33 Å². The molecular formula is C24H25F3N6O2. The second-order valence-electron chi connectivity index (χ2n) is 8.89. The van der Waals surface area contributed by atoms with Crippen molar-refractivity contribution in [3.63, 3.8) is 0 Å². The van der Waals surface area contributed by atoms with E-state index in [2.05, 4.69) is 15.3 Å². The number of anilines is 1. The monoisotopic (exact) mass is 486 g/mol. The molecule has 2 aromatic rings. The molecule has 1 N–H and O–H groups in total. The number of amides is 2. The third-order valence-corrected chi connectivity index (χ3v) is 6.98. The summed E-state index contributed by atoms with van der Waals surface area (Å²) in [5.41, 5.74) is -0.553. The van der Waals surface area contributed by atoms with Crippen LogP contribution >= 0.6 is 0 Å². The Morgan fingerprint density at radius 2 is 1.83 bits per heavy atom. The number of hydrogen-bond acceptors (Lipinski definition) is 6. The van der Waals surface area contributed by atoms with E-state index in [4.69, 9.17) is 5.26 Å². The maximum Gasteiger partial charge on any atom is 0.417 e. The van der Waals surface area contributed by atoms with E-state index in [9.17, 15) is 22.8 Å². The van der Waals surface area contributed by atoms with E-state index in [1.165, 1.54) is 24.8 Å². The third kappa shape index (κ3) is 5.06. The first-order valence-electron chi connectivity index (χ1n) is 11.3. The van der Waals surface area contributed by atoms with Gasteiger partial charge < -0.3 is 15.1 Å². The van der Waals surface area contributed by atoms with Gasteiger partial charge in [0.15, 0.2) is 0 Å². The van der Waals surface area contributed by atoms with Gasteiger partial charge in [0.2, 0.25) is 5.91 Å². The van der Waals surface area contributed by atoms with Crippen LogP contribution in [0, 0.1) is 29.1 Å². The molecule has 2 aliphatic rings. The standard InChI is InChI=1S/C24H25F3N6O2/c1-29-22(34)20-13-33(23(35)17-10-30-14-31-11-17)12-19(20)15-4-6-32(7-5-15)18-3-2-16(9-28)21(8-18)24(25,26)27/h2-3,8,10-11,14-15,19-20H,4-7,12-13H2,1H3,(H,29,34)/t19-,20+/m0/s1. The summed E-state index contributed by atoms with van der Waals surface area (Å²) >= 11 is 0. The average molecular weight is 486 g/mol. The predicted octanol–water partition coefficient (Wildman–Crippen LogP) is 2.72. The molecule has 0 bridgehead atoms. The zero-order chi connectivity index (χ0) is 25.2. The number of nitrogens with one attached hydrogen (secondary N) is 1. The van der Waals surface area contributed by atoms with Crippen molar-refractivity contribution in [1.82, 2.24) is 20.2 Å². The number of carbonyl (C=O) groups is 2. The van der Waals surface area contributed by atoms with Crippen molar-refractivity contribution >= 4 is 17.5 Å². The Kier molecular flexibility index (Phi) is 6.91. The van der Waals surface area contributed by atoms with Crippen LogP contribution in [-0.4, -0.2) is 59.9 Å². The minimum absolute atomic E-state index is 0.0580. The first-order chi connectivity index (χ1) is 16.7. The van der Waals surface area contributed by atoms with Crippen LogP contribution in [0.5, 0.6) is 0 Å². The minimum Gasteiger partial charge on any atom is -0.372 e. The maximum atomic E-state index is 13.4. The highest BCUT2D eigenvalue weighted by molar-refractivity contribution is 5.94. The molecule has 1 aromatic heterocycles. The number of halogens is 3. The number of nitrogens with zero attached hydrogens (tertiary/aromatic N) is 5. The molecule has 0 saturated carbocycles. The molecule has 2 aliphatic heterocycles. The van der Waals surface area contributed by atoms with Gasteiger partial charge in [0.05, 0.1) is 28.7 Å². The van der Waals surface area contributed by atoms with Gasteiger partial charge in [-0.3, -0.25) is 9.59 Å². The molecule has 4 rings (SSSR count). The fraction of sp³-hybridized carbons (Fsp3) is 0.458. The molecule has 2 saturated heterocycles. The van der Waals surface area contributed by atoms with Crippen molar-refractivity contribution in [3.05, 3.63) is 53.6 Å². The summed E-state index contributed by atoms with van der Waals surface area (Å²) < 4.78 is 40.1. The van der Waals surface area contributed by atoms with E-state index in [0.29, 0.717) is 50.3 Å². The summed E-state index contributed by atoms with van der Waals surface area (Å²) in [6.45, 7) is 1.75. The van der Waals surface area contributed by atoms with E-state index in [1.807, 2.05) is 4.90 Å². The number of carbonyl (C=O) groups excluding carboxylic acids is 2. The smallest absolute Gasteiger partial charge is 0.372 e. The number of nitriles is 1. The lowest BCUT2D eigenvalue weighted by atomic mass is 9.78. The molecule has 0 aliphatic carbocycles. The first kappa shape index (κ1) is 24.4. The first-order valence-corrected chi connectivity index (χ1v) is 11.3. The SMILES string of the molecule is CNC(=O)[C@@H]1CN(C(=O)c2cncnc2)C[C@H]1C1CCN(c2ccc(C#N)c(C(F)(F)F)c2)CC1. The quantitative estimate of drug-likeness (QED) is 0.713. The van der Waals surface area contributed by atoms with Gasteiger partial charge in [-0.2, -0.15) is 18.4 Å². The van der Waals surface area contributed by atoms with Crippen LogP contribution in [-0.2, 0) is 11.0 Å². The van der Waals surface area contributed by atoms with Gasteiger partial charge in [-0.05, 0) is 42.9 Å². The molecule has 0 unspecified atom stereocenters. The molecule has 35 heavy (non-hydrogen) atoms. The summed E-state index contributed by atoms with van der Waals surface area (Å²) in [6, 6.07) is 5.39. The molecule has 2 fully saturated rings. The van der Waals surface area contributed by atoms with Crippen LogP contribution in [0.25, 0.3) is 0 Å². The van der Waals surface area contributed by atoms with E-state index in [-0.39, 0.29) is 29.6 Å². The Hall–Kier alpha value is -3.68. The van der Waals surface area contributed by atoms with Gasteiger partial charge in [-0.1, -0.05) is 0 Å². The van der Waals surface area contributed by atoms with Crippen molar-refractivity contribution < 1.29 is 22.8 Å². The Balaban J connectivity index is 1.47. The van der Waals surface area contributed by atoms with Crippen LogP contribution in [0.3, 0.4) is 0 Å². The Morgan fingerprint density at radius 3 is 2.43 bits per heavy atom. The summed E-state index contributed by atoms with van der Waals surface area (Å²) in [5, 5.41) is 11.7. The highest BCUT2D eigenvalue weighted by Crippen LogP contribution is 2.39. The van der Waals surface area contributed by atoms with E-state index < -0.39 is 17.3 Å². The number of likely N-dealkylation sites (tertiary alicyclic amines) is 1. The lowest BCUT2D eigenvalue weighted by Gasteiger charge is -2.37. The maximum absolute atomic E-state index is 13.4. The highest BCUT2D eigenvalue weighted by Gasteiger charge is 2.44. The molecule has 3 heterocycles. The minimum atomic E-state index is -4.61. The predicted molar refractivity (Wildman–Crippen MR) is 120 cm³/mol. The van der Waals surface area contributed by atoms with Crippen LogP contribution < -0.4 is 10.2 Å². The average Bonchev–Trinajstić information content (AvgIpc) is 3.33. The summed E-state index contributed by atoms with van der Waals surface area (Å²) in [7, 11) is 1.57. The van der Waals surface area contributed by atoms with E-state index >= 15 is 0 Å². The Labute approximate surface area is 200 Å². The van der Waals surface area contributed by atoms with Gasteiger partial charge in [-0.15, -0.1) is 0 Å². The molecule has 2 atom stereocenters. The van der Waals surface area contributed by atoms with Crippen molar-refractivity contribution in [2.24, 2.45) is 17.8 Å². The number of hydrogen-bond donors (Lipinski definition) is 1. The zero-order valence-corrected chi connectivity index (χ0v) is 19.1. The molecule has 2 amide bonds. The van der Waals surface area contributed by atoms with Crippen LogP contribution in [0.4, 0.5) is 18.9 Å². The van der Waals surface area contributed by atoms with E-state index in [0.717, 1.165) is 6.07 Å². The zero-order valence-electron chi connectivity index (χ0n) is 19.1. The van der Waals surface area contributed by atoms with Crippen molar-refractivity contribution in [2.45, 2.75) is 19.0 Å². The van der Waals surface area contributed by atoms with Gasteiger partial charge in [0.25, 0.3) is 5.91 Å². The second kappa shape index (κ2) is 9.90. The van der Waals surface area contributed by atoms with Gasteiger partial charge >= 0.3 is 6.18 Å². The van der Waals surface area contributed by atoms with Crippen molar-refractivity contribution in [2.75, 3.05) is 38.1 Å². The summed E-state index contributed by atoms with van der Waals surface area (Å²) in [6.07, 6.45) is 0.984. The Bertz CT molecular complexity index is 1130. The number of rotatable bonds is 4. The molecule has 184 valence electrons. The fourth-order valence-electron chi connectivity index (χ4n) is 5.17. The molecule has 0 radical (unpaired) electrons. The van der Waals surface area contributed by atoms with Crippen molar-refractivity contribution in [3.8, 4) is 6.07 Å². The summed E-state index contributed by atoms with van der Waals surface area (Å²) in [5.74, 6) is -0.635. The van der Waals surface area contributed by atoms with E-state index in [1.54, 1.807) is 24.1 Å². The van der Waals surface area contributed by atoms with Crippen LogP contribution in [0.2, 0.25) is 0 Å². The number of piperidine rings is 1. The van der Waals surface area contributed by atoms with Gasteiger partial charge in [-0.25, -0.2) is 9.97 Å². The normalized spacial score (nSPS) is 21.0. The topological polar surface area (TPSA) is 102 Å². The molecular weight excluding hydrogens is 461 g/mol. The number of aromatic nitrogens is 2. The third-order valence-electron chi connectivity index (χ3n) is 6.98. The van der Waals surface area contributed by atoms with Gasteiger partial charge in [0, 0.05) is 51.3 Å². The molecule has 8 nitrogen and oxygen atoms in total. The van der Waals surface area contributed by atoms with Crippen LogP contribution in [0.1, 0.15) is 34.3 Å². The van der Waals surface area contributed by atoms with Crippen molar-refractivity contribution in [1.29, 1.82) is 5.26 Å². The lowest BCUT2D eigenvalue weighted by Crippen LogP contribution is -2.41. The number of alkyl halides is 3. The number of benzene rings is 1. The summed E-state index contributed by atoms with van der Waals surface area (Å²) in [4.78, 5) is 36.9.